The molecule has 10 atom stereocenters. The summed E-state index contributed by atoms with van der Waals surface area (Å²) in [6.45, 7) is 6.66. The molecule has 0 unspecified atom stereocenters. The zero-order valence-electron chi connectivity index (χ0n) is 81.7. The van der Waals surface area contributed by atoms with E-state index in [-0.39, 0.29) is 134 Å². The summed E-state index contributed by atoms with van der Waals surface area (Å²) in [6, 6.07) is 13.9. The van der Waals surface area contributed by atoms with Crippen LogP contribution in [0.4, 0.5) is 4.39 Å². The van der Waals surface area contributed by atoms with Gasteiger partial charge in [0, 0.05) is 134 Å². The molecule has 11 amide bonds. The van der Waals surface area contributed by atoms with Crippen LogP contribution in [0.5, 0.6) is 5.75 Å². The number of nitrogens with zero attached hydrogens (tertiary/aromatic N) is 5. The number of fused-ring (bicyclic) bond motifs is 16. The van der Waals surface area contributed by atoms with Crippen LogP contribution >= 0.6 is 0 Å². The van der Waals surface area contributed by atoms with Crippen molar-refractivity contribution in [2.45, 2.75) is 319 Å². The van der Waals surface area contributed by atoms with Crippen LogP contribution in [0.25, 0.3) is 10.9 Å². The molecule has 0 spiro atoms. The van der Waals surface area contributed by atoms with Crippen LogP contribution in [0.1, 0.15) is 247 Å². The lowest BCUT2D eigenvalue weighted by Crippen LogP contribution is -2.64. The van der Waals surface area contributed by atoms with Gasteiger partial charge in [0.25, 0.3) is 0 Å². The lowest BCUT2D eigenvalue weighted by molar-refractivity contribution is -0.890. The van der Waals surface area contributed by atoms with Gasteiger partial charge in [0.05, 0.1) is 66.4 Å². The maximum Gasteiger partial charge on any atom is 0.303 e. The van der Waals surface area contributed by atoms with Crippen molar-refractivity contribution in [3.05, 3.63) is 136 Å². The number of rotatable bonds is 37. The molecule has 7 heterocycles. The zero-order valence-corrected chi connectivity index (χ0v) is 81.7. The van der Waals surface area contributed by atoms with E-state index in [4.69, 9.17) is 24.1 Å². The molecule has 12 bridgehead atoms. The van der Waals surface area contributed by atoms with Crippen LogP contribution in [0, 0.1) is 5.82 Å². The van der Waals surface area contributed by atoms with Crippen LogP contribution in [0.2, 0.25) is 0 Å². The number of benzene rings is 4. The van der Waals surface area contributed by atoms with E-state index in [9.17, 15) is 43.5 Å². The Hall–Kier alpha value is -11.1. The first kappa shape index (κ1) is 109. The van der Waals surface area contributed by atoms with Gasteiger partial charge in [-0.25, -0.2) is 4.39 Å². The largest absolute Gasteiger partial charge is 0.497 e. The van der Waals surface area contributed by atoms with E-state index in [2.05, 4.69) is 56.6 Å². The van der Waals surface area contributed by atoms with Crippen molar-refractivity contribution in [1.82, 2.24) is 61.8 Å². The molecule has 0 saturated carbocycles. The second-order valence-corrected chi connectivity index (χ2v) is 38.8. The summed E-state index contributed by atoms with van der Waals surface area (Å²) in [7, 11) is 5.68. The van der Waals surface area contributed by atoms with Crippen molar-refractivity contribution in [3.8, 4) is 5.75 Å². The number of aromatic nitrogens is 1. The standard InChI is InChI=1S/C104H148FN13O20/c1-71-96(127)109-84(43-40-81(121)49-58-136-60-61-137-59-57-118(4,5)56-26-31-80(120)30-21-17-15-13-11-9-7-8-10-12-14-16-18-22-32-93(125)126)97(128)110-85-64-76-28-25-29-77(62-76)67-107-91(123)70-138-89-48-55-116-95(89)100(131)113-94(72(2)119)99(130)112-86(63-74-37-41-82(135-6)42-38-74)102(133)117-54-27-50-104(117,3)103(134)106-51-47-73-33-35-75(36-34-73)68-115(92(124)46-45-90(122)108-71)53-24-20-19-23-52-114-69-78(65-87(101(116)132)111-98(85)129)83-66-79(105)39-44-88(83)114/h25,28-29,33-39,41-42,44,62,66,69,71-72,84-87,89,94-95,119H,7-24,26-27,30-32,40,43,45-61,63-65,67-68,70H2,1-6H3,(H8-,106,107,108,109,110,111,112,113,122,123,125,126,127,128,129,130,131,134)/p+1/t71-,72+,84+,85-,86-,87-,89-,94-,95-,104-/m0/s1. The first-order valence-electron chi connectivity index (χ1n) is 50.2. The van der Waals surface area contributed by atoms with Crippen LogP contribution in [-0.4, -0.2) is 270 Å². The van der Waals surface area contributed by atoms with Gasteiger partial charge < -0.3 is 95.4 Å². The molecule has 2 saturated heterocycles. The van der Waals surface area contributed by atoms with E-state index >= 15 is 33.2 Å². The van der Waals surface area contributed by atoms with Gasteiger partial charge in [-0.2, -0.15) is 0 Å². The summed E-state index contributed by atoms with van der Waals surface area (Å²) in [5.74, 6) is -9.47. The highest BCUT2D eigenvalue weighted by molar-refractivity contribution is 6.00. The average Bonchev–Trinajstić information content (AvgIpc) is 1.64. The molecule has 0 aliphatic carbocycles. The Morgan fingerprint density at radius 1 is 0.572 bits per heavy atom. The average molecular weight is 1920 g/mol. The fourth-order valence-corrected chi connectivity index (χ4v) is 18.9. The number of methoxy groups -OCH3 is 1. The predicted molar refractivity (Wildman–Crippen MR) is 517 cm³/mol. The van der Waals surface area contributed by atoms with Gasteiger partial charge in [-0.3, -0.25) is 67.1 Å². The number of carbonyl (C=O) groups excluding carboxylic acids is 13. The molecule has 5 aromatic rings. The van der Waals surface area contributed by atoms with Crippen molar-refractivity contribution >= 4 is 93.4 Å². The number of ketones is 2. The van der Waals surface area contributed by atoms with Gasteiger partial charge in [0.15, 0.2) is 0 Å². The van der Waals surface area contributed by atoms with Crippen molar-refractivity contribution in [2.75, 3.05) is 93.5 Å². The van der Waals surface area contributed by atoms with Gasteiger partial charge in [0.1, 0.15) is 84.1 Å². The van der Waals surface area contributed by atoms with Gasteiger partial charge in [-0.05, 0) is 142 Å². The second-order valence-electron chi connectivity index (χ2n) is 38.8. The van der Waals surface area contributed by atoms with Crippen LogP contribution in [0.3, 0.4) is 0 Å². The molecule has 6 aliphatic rings. The molecular formula is C104H149FN13O20+. The number of quaternary nitrogens is 1. The minimum absolute atomic E-state index is 0.0196. The van der Waals surface area contributed by atoms with Crippen LogP contribution < -0.4 is 47.3 Å². The Bertz CT molecular complexity index is 4890. The highest BCUT2D eigenvalue weighted by atomic mass is 19.1. The Balaban J connectivity index is 0.886. The summed E-state index contributed by atoms with van der Waals surface area (Å²) in [5, 5.41) is 43.4. The van der Waals surface area contributed by atoms with E-state index in [0.717, 1.165) is 67.5 Å². The molecule has 6 aliphatic heterocycles. The van der Waals surface area contributed by atoms with Gasteiger partial charge >= 0.3 is 5.97 Å². The minimum atomic E-state index is -1.87. The Morgan fingerprint density at radius 2 is 1.22 bits per heavy atom. The Labute approximate surface area is 810 Å². The van der Waals surface area contributed by atoms with Gasteiger partial charge in [-0.15, -0.1) is 0 Å². The number of likely N-dealkylation sites (N-methyl/N-ethyl adjacent to an activating group) is 1. The molecule has 1 aromatic heterocycles. The van der Waals surface area contributed by atoms with Crippen molar-refractivity contribution < 1.29 is 105 Å². The number of carboxylic acids is 1. The monoisotopic (exact) mass is 1920 g/mol. The predicted octanol–water partition coefficient (Wildman–Crippen LogP) is 8.70. The molecule has 2 fully saturated rings. The summed E-state index contributed by atoms with van der Waals surface area (Å²) >= 11 is 0. The highest BCUT2D eigenvalue weighted by Crippen LogP contribution is 2.33. The van der Waals surface area contributed by atoms with Gasteiger partial charge in [-0.1, -0.05) is 151 Å². The first-order valence-corrected chi connectivity index (χ1v) is 50.2. The number of hydrogen-bond acceptors (Lipinski definition) is 19. The summed E-state index contributed by atoms with van der Waals surface area (Å²) in [4.78, 5) is 208. The molecule has 0 radical (unpaired) electrons. The van der Waals surface area contributed by atoms with Gasteiger partial charge in [0.2, 0.25) is 65.0 Å². The number of nitrogens with one attached hydrogen (secondary N) is 8. The number of aryl methyl sites for hydroxylation is 1. The normalized spacial score (nSPS) is 22.4. The third-order valence-electron chi connectivity index (χ3n) is 27.3. The second kappa shape index (κ2) is 55.7. The Kier molecular flexibility index (Phi) is 43.9. The number of aliphatic hydroxyl groups excluding tert-OH is 1. The number of hydrogen-bond donors (Lipinski definition) is 10. The maximum atomic E-state index is 16.4. The van der Waals surface area contributed by atoms with Crippen LogP contribution in [-0.2, 0) is 127 Å². The van der Waals surface area contributed by atoms with E-state index in [0.29, 0.717) is 121 Å². The fourth-order valence-electron chi connectivity index (χ4n) is 18.9. The highest BCUT2D eigenvalue weighted by Gasteiger charge is 2.50. The van der Waals surface area contributed by atoms with Crippen molar-refractivity contribution in [1.29, 1.82) is 0 Å². The van der Waals surface area contributed by atoms with Crippen molar-refractivity contribution in [3.63, 3.8) is 0 Å². The number of Topliss-reactive ketones (excluding diaryl/α,β-unsaturated/α-hetero) is 2. The smallest absolute Gasteiger partial charge is 0.303 e. The van der Waals surface area contributed by atoms with Crippen molar-refractivity contribution in [2.24, 2.45) is 0 Å². The number of amides is 11. The number of halogens is 1. The molecule has 33 nitrogen and oxygen atoms in total. The fraction of sp³-hybridized carbons (Fsp3) is 0.615. The maximum absolute atomic E-state index is 16.4. The third kappa shape index (κ3) is 34.8. The number of aliphatic hydroxyl groups is 1. The molecule has 11 rings (SSSR count). The van der Waals surface area contributed by atoms with E-state index in [1.54, 1.807) is 72.6 Å². The topological polar surface area (TPSA) is 427 Å². The van der Waals surface area contributed by atoms with Crippen LogP contribution in [0.15, 0.2) is 97.2 Å². The first-order chi connectivity index (χ1) is 66.3. The zero-order chi connectivity index (χ0) is 99.1. The number of carboxylic acid groups (broad SMARTS) is 1. The third-order valence-corrected chi connectivity index (χ3v) is 27.3. The molecule has 34 heteroatoms. The number of ether oxygens (including phenoxy) is 4. The molecule has 4 aromatic carbocycles. The quantitative estimate of drug-likeness (QED) is 0.0131. The molecular weight excluding hydrogens is 1770 g/mol. The van der Waals surface area contributed by atoms with E-state index in [1.165, 1.54) is 89.4 Å². The minimum Gasteiger partial charge on any atom is -0.497 e. The summed E-state index contributed by atoms with van der Waals surface area (Å²) in [6.07, 6.45) is 17.8. The number of carbonyl (C=O) groups is 14. The number of unbranched alkanes of at least 4 members (excludes halogenated alkanes) is 13. The Morgan fingerprint density at radius 3 is 1.91 bits per heavy atom. The number of aliphatic carboxylic acids is 1. The van der Waals surface area contributed by atoms with E-state index in [1.807, 2.05) is 28.8 Å². The van der Waals surface area contributed by atoms with E-state index < -0.39 is 144 Å². The molecule has 756 valence electrons. The lowest BCUT2D eigenvalue weighted by atomic mass is 9.95. The molecule has 138 heavy (non-hydrogen) atoms. The summed E-state index contributed by atoms with van der Waals surface area (Å²) < 4.78 is 42.1. The lowest BCUT2D eigenvalue weighted by Gasteiger charge is -2.37. The molecule has 10 N–H and O–H groups in total. The summed E-state index contributed by atoms with van der Waals surface area (Å²) in [5.41, 5.74) is 2.67. The SMILES string of the molecule is COc1ccc(C[C@@H]2NC(=O)[C@H]([C@@H](C)O)NC(=O)[C@@H]3[C@@H]4CCN3C(=O)[C@@H]3Cc5cn(c6ccc(F)cc56)CCCCCCN(Cc5ccc(cc5)CCNC(=O)[C@]5(C)CCCN5C2=O)C(=O)CCC(=O)N[C@@H](C)C(=O)N[C@H](CCC(=O)CCOCCOCC[N+](C)(C)CCCC(=O)CCCCCCCCCCCCCCCCC(=O)O)C(=O)N[C@@H](Cc2cccc(c2)CNC(=O)CO4)C(=O)N3)cc1.